The standard InChI is InChI=1S/C23H26N8OS/c1-2-33-23-26-20(30-11-6-7-12-30)17-15-25-31(21(17)27-23)13-10-24-22(32)19-14-18(28-29-19)16-8-4-3-5-9-16/h3-5,8-9,14-15H,2,6-7,10-13H2,1H3,(H,24,32)(H,28,29). The van der Waals surface area contributed by atoms with Gasteiger partial charge in [0.2, 0.25) is 0 Å². The van der Waals surface area contributed by atoms with Crippen molar-refractivity contribution >= 4 is 34.5 Å². The molecule has 0 spiro atoms. The predicted molar refractivity (Wildman–Crippen MR) is 130 cm³/mol. The Bertz CT molecular complexity index is 1250. The number of rotatable bonds is 8. The van der Waals surface area contributed by atoms with Crippen molar-refractivity contribution in [3.05, 3.63) is 48.3 Å². The molecule has 0 atom stereocenters. The van der Waals surface area contributed by atoms with Crippen molar-refractivity contribution in [3.8, 4) is 11.3 Å². The molecule has 3 aromatic heterocycles. The number of nitrogens with zero attached hydrogens (tertiary/aromatic N) is 6. The van der Waals surface area contributed by atoms with Crippen molar-refractivity contribution in [2.75, 3.05) is 30.3 Å². The number of anilines is 1. The fraction of sp³-hybridized carbons (Fsp3) is 0.348. The van der Waals surface area contributed by atoms with Crippen LogP contribution in [0, 0.1) is 0 Å². The van der Waals surface area contributed by atoms with Crippen molar-refractivity contribution < 1.29 is 4.79 Å². The summed E-state index contributed by atoms with van der Waals surface area (Å²) in [5, 5.41) is 16.3. The molecule has 10 heteroatoms. The van der Waals surface area contributed by atoms with E-state index >= 15 is 0 Å². The number of hydrogen-bond acceptors (Lipinski definition) is 7. The fourth-order valence-electron chi connectivity index (χ4n) is 4.01. The molecule has 0 saturated carbocycles. The third kappa shape index (κ3) is 4.56. The summed E-state index contributed by atoms with van der Waals surface area (Å²) < 4.78 is 1.85. The summed E-state index contributed by atoms with van der Waals surface area (Å²) in [4.78, 5) is 24.5. The molecule has 1 amide bonds. The first kappa shape index (κ1) is 21.4. The van der Waals surface area contributed by atoms with E-state index in [1.165, 1.54) is 12.8 Å². The van der Waals surface area contributed by atoms with Crippen LogP contribution in [-0.2, 0) is 6.54 Å². The highest BCUT2D eigenvalue weighted by Crippen LogP contribution is 2.29. The molecule has 4 aromatic rings. The third-order valence-corrected chi connectivity index (χ3v) is 6.37. The van der Waals surface area contributed by atoms with Gasteiger partial charge in [0.15, 0.2) is 10.8 Å². The number of aromatic amines is 1. The van der Waals surface area contributed by atoms with E-state index < -0.39 is 0 Å². The van der Waals surface area contributed by atoms with E-state index in [-0.39, 0.29) is 5.91 Å². The summed E-state index contributed by atoms with van der Waals surface area (Å²) in [6, 6.07) is 11.5. The molecular formula is C23H26N8OS. The molecule has 1 aromatic carbocycles. The Morgan fingerprint density at radius 2 is 2.00 bits per heavy atom. The number of amides is 1. The molecular weight excluding hydrogens is 436 g/mol. The molecule has 0 aliphatic carbocycles. The zero-order valence-corrected chi connectivity index (χ0v) is 19.3. The second-order valence-electron chi connectivity index (χ2n) is 7.85. The Labute approximate surface area is 196 Å². The van der Waals surface area contributed by atoms with Gasteiger partial charge in [-0.15, -0.1) is 0 Å². The van der Waals surface area contributed by atoms with Crippen LogP contribution in [0.2, 0.25) is 0 Å². The molecule has 1 fully saturated rings. The van der Waals surface area contributed by atoms with Gasteiger partial charge in [0.25, 0.3) is 5.91 Å². The maximum atomic E-state index is 12.6. The summed E-state index contributed by atoms with van der Waals surface area (Å²) in [5.41, 5.74) is 2.94. The average molecular weight is 463 g/mol. The summed E-state index contributed by atoms with van der Waals surface area (Å²) in [6.45, 7) is 5.06. The van der Waals surface area contributed by atoms with Crippen LogP contribution in [0.4, 0.5) is 5.82 Å². The maximum Gasteiger partial charge on any atom is 0.269 e. The molecule has 4 heterocycles. The Balaban J connectivity index is 1.29. The van der Waals surface area contributed by atoms with Gasteiger partial charge in [-0.25, -0.2) is 14.6 Å². The van der Waals surface area contributed by atoms with Gasteiger partial charge in [-0.05, 0) is 24.7 Å². The summed E-state index contributed by atoms with van der Waals surface area (Å²) in [7, 11) is 0. The minimum atomic E-state index is -0.198. The van der Waals surface area contributed by atoms with Crippen LogP contribution < -0.4 is 10.2 Å². The largest absolute Gasteiger partial charge is 0.356 e. The number of aromatic nitrogens is 6. The van der Waals surface area contributed by atoms with Gasteiger partial charge in [0.1, 0.15) is 11.5 Å². The lowest BCUT2D eigenvalue weighted by Crippen LogP contribution is -2.28. The molecule has 1 aliphatic heterocycles. The molecule has 9 nitrogen and oxygen atoms in total. The first-order chi connectivity index (χ1) is 16.2. The number of benzene rings is 1. The Morgan fingerprint density at radius 1 is 1.18 bits per heavy atom. The molecule has 1 saturated heterocycles. The molecule has 170 valence electrons. The van der Waals surface area contributed by atoms with Crippen molar-refractivity contribution in [1.82, 2.24) is 35.3 Å². The van der Waals surface area contributed by atoms with E-state index in [9.17, 15) is 4.79 Å². The van der Waals surface area contributed by atoms with Gasteiger partial charge in [0.05, 0.1) is 23.8 Å². The van der Waals surface area contributed by atoms with Gasteiger partial charge in [-0.3, -0.25) is 9.89 Å². The van der Waals surface area contributed by atoms with E-state index in [0.717, 1.165) is 52.1 Å². The van der Waals surface area contributed by atoms with Gasteiger partial charge in [-0.1, -0.05) is 49.0 Å². The summed E-state index contributed by atoms with van der Waals surface area (Å²) >= 11 is 1.63. The summed E-state index contributed by atoms with van der Waals surface area (Å²) in [5.74, 6) is 1.68. The van der Waals surface area contributed by atoms with Crippen LogP contribution in [0.25, 0.3) is 22.3 Å². The summed E-state index contributed by atoms with van der Waals surface area (Å²) in [6.07, 6.45) is 4.20. The van der Waals surface area contributed by atoms with Gasteiger partial charge >= 0.3 is 0 Å². The van der Waals surface area contributed by atoms with E-state index in [4.69, 9.17) is 9.97 Å². The number of H-pyrrole nitrogens is 1. The van der Waals surface area contributed by atoms with Crippen LogP contribution in [0.1, 0.15) is 30.3 Å². The molecule has 2 N–H and O–H groups in total. The van der Waals surface area contributed by atoms with Crippen LogP contribution in [-0.4, -0.2) is 61.2 Å². The van der Waals surface area contributed by atoms with Crippen molar-refractivity contribution in [2.45, 2.75) is 31.5 Å². The number of nitrogens with one attached hydrogen (secondary N) is 2. The second kappa shape index (κ2) is 9.62. The smallest absolute Gasteiger partial charge is 0.269 e. The highest BCUT2D eigenvalue weighted by Gasteiger charge is 2.21. The van der Waals surface area contributed by atoms with Crippen LogP contribution in [0.3, 0.4) is 0 Å². The molecule has 0 radical (unpaired) electrons. The highest BCUT2D eigenvalue weighted by atomic mass is 32.2. The quantitative estimate of drug-likeness (QED) is 0.306. The Morgan fingerprint density at radius 3 is 2.79 bits per heavy atom. The normalized spacial score (nSPS) is 13.7. The average Bonchev–Trinajstić information content (AvgIpc) is 3.61. The monoisotopic (exact) mass is 462 g/mol. The number of fused-ring (bicyclic) bond motifs is 1. The van der Waals surface area contributed by atoms with Gasteiger partial charge < -0.3 is 10.2 Å². The maximum absolute atomic E-state index is 12.6. The molecule has 5 rings (SSSR count). The number of thioether (sulfide) groups is 1. The number of carbonyl (C=O) groups excluding carboxylic acids is 1. The van der Waals surface area contributed by atoms with E-state index in [2.05, 4.69) is 32.4 Å². The van der Waals surface area contributed by atoms with Crippen LogP contribution >= 0.6 is 11.8 Å². The zero-order chi connectivity index (χ0) is 22.6. The molecule has 0 unspecified atom stereocenters. The topological polar surface area (TPSA) is 105 Å². The van der Waals surface area contributed by atoms with E-state index in [1.54, 1.807) is 17.8 Å². The first-order valence-electron chi connectivity index (χ1n) is 11.2. The Hall–Kier alpha value is -3.40. The lowest BCUT2D eigenvalue weighted by Gasteiger charge is -2.17. The fourth-order valence-corrected chi connectivity index (χ4v) is 4.57. The zero-order valence-electron chi connectivity index (χ0n) is 18.5. The van der Waals surface area contributed by atoms with Crippen molar-refractivity contribution in [3.63, 3.8) is 0 Å². The molecule has 1 aliphatic rings. The number of carbonyl (C=O) groups is 1. The third-order valence-electron chi connectivity index (χ3n) is 5.64. The van der Waals surface area contributed by atoms with E-state index in [0.29, 0.717) is 18.8 Å². The first-order valence-corrected chi connectivity index (χ1v) is 12.2. The van der Waals surface area contributed by atoms with Crippen LogP contribution in [0.5, 0.6) is 0 Å². The SMILES string of the molecule is CCSc1nc(N2CCCC2)c2cnn(CCNC(=O)c3cc(-c4ccccc4)n[nH]3)c2n1. The second-order valence-corrected chi connectivity index (χ2v) is 9.08. The van der Waals surface area contributed by atoms with Crippen molar-refractivity contribution in [1.29, 1.82) is 0 Å². The van der Waals surface area contributed by atoms with Gasteiger partial charge in [0, 0.05) is 25.2 Å². The predicted octanol–water partition coefficient (Wildman–Crippen LogP) is 3.36. The van der Waals surface area contributed by atoms with Crippen molar-refractivity contribution in [2.24, 2.45) is 0 Å². The Kier molecular flexibility index (Phi) is 6.25. The lowest BCUT2D eigenvalue weighted by molar-refractivity contribution is 0.0947. The van der Waals surface area contributed by atoms with E-state index in [1.807, 2.05) is 41.2 Å². The molecule has 0 bridgehead atoms. The highest BCUT2D eigenvalue weighted by molar-refractivity contribution is 7.99. The number of hydrogen-bond donors (Lipinski definition) is 2. The van der Waals surface area contributed by atoms with Crippen LogP contribution in [0.15, 0.2) is 47.8 Å². The molecule has 33 heavy (non-hydrogen) atoms. The lowest BCUT2D eigenvalue weighted by atomic mass is 10.1. The van der Waals surface area contributed by atoms with Gasteiger partial charge in [-0.2, -0.15) is 10.2 Å². The minimum absolute atomic E-state index is 0.198. The minimum Gasteiger partial charge on any atom is -0.356 e.